The van der Waals surface area contributed by atoms with Gasteiger partial charge in [0.25, 0.3) is 0 Å². The lowest BCUT2D eigenvalue weighted by molar-refractivity contribution is -0.117. The molecule has 6 nitrogen and oxygen atoms in total. The standard InChI is InChI=1S/C21H24N2O4/c1-14(24)15-4-6-18(7-5-15)22-21(25)13-23-9-8-16-10-19(26-2)20(27-3)11-17(16)12-23/h4-7,10-11H,8-9,12-13H2,1-3H3,(H,22,25). The summed E-state index contributed by atoms with van der Waals surface area (Å²) in [6, 6.07) is 10.9. The fraction of sp³-hybridized carbons (Fsp3) is 0.333. The first-order valence-corrected chi connectivity index (χ1v) is 8.87. The zero-order valence-electron chi connectivity index (χ0n) is 15.9. The monoisotopic (exact) mass is 368 g/mol. The summed E-state index contributed by atoms with van der Waals surface area (Å²) in [4.78, 5) is 25.8. The molecule has 27 heavy (non-hydrogen) atoms. The van der Waals surface area contributed by atoms with E-state index in [9.17, 15) is 9.59 Å². The third-order valence-electron chi connectivity index (χ3n) is 4.74. The van der Waals surface area contributed by atoms with E-state index in [1.54, 1.807) is 38.5 Å². The number of ketones is 1. The highest BCUT2D eigenvalue weighted by atomic mass is 16.5. The molecular formula is C21H24N2O4. The van der Waals surface area contributed by atoms with Crippen molar-refractivity contribution >= 4 is 17.4 Å². The minimum Gasteiger partial charge on any atom is -0.493 e. The Bertz CT molecular complexity index is 846. The van der Waals surface area contributed by atoms with E-state index < -0.39 is 0 Å². The minimum absolute atomic E-state index is 0.00640. The molecule has 0 spiro atoms. The second kappa shape index (κ2) is 8.22. The summed E-state index contributed by atoms with van der Waals surface area (Å²) in [6.45, 7) is 3.32. The number of ether oxygens (including phenoxy) is 2. The molecule has 0 unspecified atom stereocenters. The largest absolute Gasteiger partial charge is 0.493 e. The normalized spacial score (nSPS) is 13.6. The number of amides is 1. The predicted molar refractivity (Wildman–Crippen MR) is 104 cm³/mol. The number of fused-ring (bicyclic) bond motifs is 1. The maximum absolute atomic E-state index is 12.4. The molecule has 1 amide bonds. The number of rotatable bonds is 6. The zero-order valence-corrected chi connectivity index (χ0v) is 15.9. The van der Waals surface area contributed by atoms with Crippen LogP contribution in [0.15, 0.2) is 36.4 Å². The predicted octanol–water partition coefficient (Wildman–Crippen LogP) is 2.90. The van der Waals surface area contributed by atoms with Crippen LogP contribution >= 0.6 is 0 Å². The van der Waals surface area contributed by atoms with E-state index in [0.717, 1.165) is 24.3 Å². The Balaban J connectivity index is 1.62. The maximum atomic E-state index is 12.4. The van der Waals surface area contributed by atoms with Crippen LogP contribution in [0.1, 0.15) is 28.4 Å². The molecule has 1 N–H and O–H groups in total. The lowest BCUT2D eigenvalue weighted by Crippen LogP contribution is -2.37. The van der Waals surface area contributed by atoms with Gasteiger partial charge in [0, 0.05) is 24.3 Å². The van der Waals surface area contributed by atoms with Crippen LogP contribution in [0.2, 0.25) is 0 Å². The van der Waals surface area contributed by atoms with Gasteiger partial charge in [-0.3, -0.25) is 14.5 Å². The molecule has 1 aliphatic rings. The number of Topliss-reactive ketones (excluding diaryl/α,β-unsaturated/α-hetero) is 1. The lowest BCUT2D eigenvalue weighted by atomic mass is 9.99. The van der Waals surface area contributed by atoms with E-state index in [1.807, 2.05) is 12.1 Å². The molecule has 0 bridgehead atoms. The summed E-state index contributed by atoms with van der Waals surface area (Å²) in [5, 5.41) is 2.88. The summed E-state index contributed by atoms with van der Waals surface area (Å²) in [7, 11) is 3.25. The van der Waals surface area contributed by atoms with E-state index in [4.69, 9.17) is 9.47 Å². The number of hydrogen-bond acceptors (Lipinski definition) is 5. The van der Waals surface area contributed by atoms with Gasteiger partial charge in [-0.15, -0.1) is 0 Å². The van der Waals surface area contributed by atoms with Gasteiger partial charge in [0.05, 0.1) is 20.8 Å². The minimum atomic E-state index is -0.0745. The van der Waals surface area contributed by atoms with E-state index in [1.165, 1.54) is 12.5 Å². The summed E-state index contributed by atoms with van der Waals surface area (Å²) >= 11 is 0. The van der Waals surface area contributed by atoms with E-state index in [-0.39, 0.29) is 11.7 Å². The first kappa shape index (κ1) is 18.9. The summed E-state index contributed by atoms with van der Waals surface area (Å²) in [6.07, 6.45) is 0.857. The van der Waals surface area contributed by atoms with Crippen LogP contribution in [0.5, 0.6) is 11.5 Å². The van der Waals surface area contributed by atoms with Gasteiger partial charge in [0.2, 0.25) is 5.91 Å². The molecule has 0 radical (unpaired) electrons. The van der Waals surface area contributed by atoms with Gasteiger partial charge in [-0.05, 0) is 60.9 Å². The average molecular weight is 368 g/mol. The molecule has 0 aliphatic carbocycles. The molecule has 142 valence electrons. The number of carbonyl (C=O) groups excluding carboxylic acids is 2. The van der Waals surface area contributed by atoms with Crippen molar-refractivity contribution in [3.63, 3.8) is 0 Å². The number of carbonyl (C=O) groups is 2. The zero-order chi connectivity index (χ0) is 19.4. The molecule has 0 fully saturated rings. The molecule has 0 saturated heterocycles. The molecule has 2 aromatic rings. The van der Waals surface area contributed by atoms with Crippen molar-refractivity contribution in [1.29, 1.82) is 0 Å². The quantitative estimate of drug-likeness (QED) is 0.794. The Morgan fingerprint density at radius 2 is 1.67 bits per heavy atom. The van der Waals surface area contributed by atoms with Crippen molar-refractivity contribution in [3.8, 4) is 11.5 Å². The third-order valence-corrected chi connectivity index (χ3v) is 4.74. The molecule has 2 aromatic carbocycles. The topological polar surface area (TPSA) is 67.9 Å². The summed E-state index contributed by atoms with van der Waals surface area (Å²) < 4.78 is 10.7. The molecule has 6 heteroatoms. The summed E-state index contributed by atoms with van der Waals surface area (Å²) in [5.74, 6) is 1.37. The first-order chi connectivity index (χ1) is 13.0. The van der Waals surface area contributed by atoms with Crippen molar-refractivity contribution < 1.29 is 19.1 Å². The highest BCUT2D eigenvalue weighted by Gasteiger charge is 2.21. The molecule has 1 aliphatic heterocycles. The lowest BCUT2D eigenvalue weighted by Gasteiger charge is -2.29. The van der Waals surface area contributed by atoms with Gasteiger partial charge in [0.1, 0.15) is 0 Å². The van der Waals surface area contributed by atoms with Gasteiger partial charge in [-0.1, -0.05) is 0 Å². The van der Waals surface area contributed by atoms with E-state index in [2.05, 4.69) is 10.2 Å². The molecular weight excluding hydrogens is 344 g/mol. The molecule has 0 saturated carbocycles. The molecule has 3 rings (SSSR count). The highest BCUT2D eigenvalue weighted by molar-refractivity contribution is 5.96. The fourth-order valence-corrected chi connectivity index (χ4v) is 3.27. The second-order valence-corrected chi connectivity index (χ2v) is 6.62. The number of hydrogen-bond donors (Lipinski definition) is 1. The van der Waals surface area contributed by atoms with Crippen molar-refractivity contribution in [2.24, 2.45) is 0 Å². The number of nitrogens with zero attached hydrogens (tertiary/aromatic N) is 1. The van der Waals surface area contributed by atoms with Crippen LogP contribution in [0.3, 0.4) is 0 Å². The van der Waals surface area contributed by atoms with Crippen LogP contribution in [-0.4, -0.2) is 43.9 Å². The van der Waals surface area contributed by atoms with Crippen molar-refractivity contribution in [1.82, 2.24) is 4.90 Å². The Morgan fingerprint density at radius 1 is 1.04 bits per heavy atom. The number of anilines is 1. The summed E-state index contributed by atoms with van der Waals surface area (Å²) in [5.41, 5.74) is 3.69. The molecule has 1 heterocycles. The van der Waals surface area contributed by atoms with Crippen LogP contribution in [0, 0.1) is 0 Å². The van der Waals surface area contributed by atoms with Gasteiger partial charge >= 0.3 is 0 Å². The van der Waals surface area contributed by atoms with Gasteiger partial charge in [0.15, 0.2) is 17.3 Å². The number of nitrogens with one attached hydrogen (secondary N) is 1. The SMILES string of the molecule is COc1cc2c(cc1OC)CN(CC(=O)Nc1ccc(C(C)=O)cc1)CC2. The Hall–Kier alpha value is -2.86. The van der Waals surface area contributed by atoms with Crippen molar-refractivity contribution in [3.05, 3.63) is 53.1 Å². The van der Waals surface area contributed by atoms with Crippen LogP contribution in [0.4, 0.5) is 5.69 Å². The smallest absolute Gasteiger partial charge is 0.238 e. The van der Waals surface area contributed by atoms with Crippen LogP contribution < -0.4 is 14.8 Å². The Kier molecular flexibility index (Phi) is 5.76. The third kappa shape index (κ3) is 4.46. The average Bonchev–Trinajstić information content (AvgIpc) is 2.67. The Morgan fingerprint density at radius 3 is 2.26 bits per heavy atom. The van der Waals surface area contributed by atoms with Crippen molar-refractivity contribution in [2.45, 2.75) is 19.9 Å². The number of methoxy groups -OCH3 is 2. The van der Waals surface area contributed by atoms with Gasteiger partial charge in [-0.25, -0.2) is 0 Å². The molecule has 0 aromatic heterocycles. The maximum Gasteiger partial charge on any atom is 0.238 e. The van der Waals surface area contributed by atoms with Crippen LogP contribution in [0.25, 0.3) is 0 Å². The van der Waals surface area contributed by atoms with Gasteiger partial charge in [-0.2, -0.15) is 0 Å². The van der Waals surface area contributed by atoms with Crippen molar-refractivity contribution in [2.75, 3.05) is 32.6 Å². The number of benzene rings is 2. The second-order valence-electron chi connectivity index (χ2n) is 6.62. The Labute approximate surface area is 159 Å². The van der Waals surface area contributed by atoms with E-state index >= 15 is 0 Å². The fourth-order valence-electron chi connectivity index (χ4n) is 3.27. The van der Waals surface area contributed by atoms with Crippen LogP contribution in [-0.2, 0) is 17.8 Å². The van der Waals surface area contributed by atoms with Gasteiger partial charge < -0.3 is 14.8 Å². The molecule has 0 atom stereocenters. The van der Waals surface area contributed by atoms with E-state index in [0.29, 0.717) is 30.1 Å². The first-order valence-electron chi connectivity index (χ1n) is 8.87. The highest BCUT2D eigenvalue weighted by Crippen LogP contribution is 2.33.